The second-order valence-corrected chi connectivity index (χ2v) is 5.87. The maximum atomic E-state index is 12.3. The van der Waals surface area contributed by atoms with Gasteiger partial charge in [-0.15, -0.1) is 0 Å². The summed E-state index contributed by atoms with van der Waals surface area (Å²) < 4.78 is 10.4. The molecule has 4 nitrogen and oxygen atoms in total. The van der Waals surface area contributed by atoms with Crippen LogP contribution in [-0.2, 0) is 9.47 Å². The van der Waals surface area contributed by atoms with Gasteiger partial charge in [-0.3, -0.25) is 0 Å². The Morgan fingerprint density at radius 3 is 2.38 bits per heavy atom. The first-order chi connectivity index (χ1) is 11.3. The van der Waals surface area contributed by atoms with E-state index in [-0.39, 0.29) is 6.61 Å². The van der Waals surface area contributed by atoms with E-state index in [1.54, 1.807) is 32.0 Å². The van der Waals surface area contributed by atoms with Gasteiger partial charge in [0.25, 0.3) is 0 Å². The van der Waals surface area contributed by atoms with E-state index in [4.69, 9.17) is 9.47 Å². The number of hydrogen-bond acceptors (Lipinski definition) is 4. The summed E-state index contributed by atoms with van der Waals surface area (Å²) in [7, 11) is 0. The van der Waals surface area contributed by atoms with Gasteiger partial charge in [-0.05, 0) is 50.0 Å². The number of allylic oxidation sites excluding steroid dienone is 1. The normalized spacial score (nSPS) is 11.2. The fourth-order valence-electron chi connectivity index (χ4n) is 1.95. The van der Waals surface area contributed by atoms with Crippen molar-refractivity contribution < 1.29 is 19.1 Å². The topological polar surface area (TPSA) is 52.6 Å². The van der Waals surface area contributed by atoms with Gasteiger partial charge in [0.15, 0.2) is 6.10 Å². The lowest BCUT2D eigenvalue weighted by atomic mass is 10.1. The van der Waals surface area contributed by atoms with Crippen molar-refractivity contribution in [2.75, 3.05) is 6.61 Å². The summed E-state index contributed by atoms with van der Waals surface area (Å²) in [6.45, 7) is 11.6. The molecule has 0 saturated heterocycles. The highest BCUT2D eigenvalue weighted by atomic mass is 16.5. The quantitative estimate of drug-likeness (QED) is 0.585. The monoisotopic (exact) mass is 328 g/mol. The molecule has 0 aliphatic heterocycles. The highest BCUT2D eigenvalue weighted by Gasteiger charge is 2.17. The lowest BCUT2D eigenvalue weighted by molar-refractivity contribution is 0.0377. The van der Waals surface area contributed by atoms with Crippen molar-refractivity contribution in [2.45, 2.75) is 40.2 Å². The van der Waals surface area contributed by atoms with E-state index < -0.39 is 18.0 Å². The third-order valence-electron chi connectivity index (χ3n) is 2.99. The highest BCUT2D eigenvalue weighted by molar-refractivity contribution is 5.95. The molecule has 1 aromatic carbocycles. The highest BCUT2D eigenvalue weighted by Crippen LogP contribution is 2.13. The van der Waals surface area contributed by atoms with Crippen molar-refractivity contribution in [1.29, 1.82) is 0 Å². The van der Waals surface area contributed by atoms with Gasteiger partial charge in [0.1, 0.15) is 0 Å². The van der Waals surface area contributed by atoms with Crippen LogP contribution in [0.4, 0.5) is 0 Å². The average Bonchev–Trinajstić information content (AvgIpc) is 2.52. The molecule has 128 valence electrons. The minimum Gasteiger partial charge on any atom is -0.462 e. The smallest absolute Gasteiger partial charge is 0.339 e. The zero-order valence-electron chi connectivity index (χ0n) is 14.7. The summed E-state index contributed by atoms with van der Waals surface area (Å²) in [5.41, 5.74) is 1.33. The predicted octanol–water partition coefficient (Wildman–Crippen LogP) is 4.01. The first-order valence-electron chi connectivity index (χ1n) is 7.98. The molecule has 0 amide bonds. The van der Waals surface area contributed by atoms with Gasteiger partial charge in [0.05, 0.1) is 17.7 Å². The number of esters is 2. The Bertz CT molecular complexity index is 662. The Morgan fingerprint density at radius 2 is 1.83 bits per heavy atom. The van der Waals surface area contributed by atoms with Gasteiger partial charge in [0, 0.05) is 0 Å². The van der Waals surface area contributed by atoms with E-state index in [9.17, 15) is 9.59 Å². The Balaban J connectivity index is 2.91. The largest absolute Gasteiger partial charge is 0.462 e. The minimum atomic E-state index is -0.513. The van der Waals surface area contributed by atoms with Crippen LogP contribution in [0.2, 0.25) is 0 Å². The molecule has 4 heteroatoms. The Kier molecular flexibility index (Phi) is 7.77. The average molecular weight is 328 g/mol. The van der Waals surface area contributed by atoms with Crippen LogP contribution in [-0.4, -0.2) is 24.6 Å². The van der Waals surface area contributed by atoms with Crippen LogP contribution in [0.25, 0.3) is 0 Å². The van der Waals surface area contributed by atoms with E-state index in [1.165, 1.54) is 6.07 Å². The number of carbonyl (C=O) groups is 2. The third-order valence-corrected chi connectivity index (χ3v) is 2.99. The van der Waals surface area contributed by atoms with Crippen LogP contribution in [0.1, 0.15) is 54.8 Å². The molecule has 0 saturated carbocycles. The predicted molar refractivity (Wildman–Crippen MR) is 93.6 cm³/mol. The van der Waals surface area contributed by atoms with Gasteiger partial charge < -0.3 is 9.47 Å². The molecule has 1 rings (SSSR count). The molecule has 1 unspecified atom stereocenters. The summed E-state index contributed by atoms with van der Waals surface area (Å²) in [5, 5.41) is 0. The lowest BCUT2D eigenvalue weighted by Gasteiger charge is -2.15. The molecular formula is C20H24O4. The first-order valence-corrected chi connectivity index (χ1v) is 7.98. The second-order valence-electron chi connectivity index (χ2n) is 5.87. The van der Waals surface area contributed by atoms with Gasteiger partial charge in [-0.1, -0.05) is 38.3 Å². The van der Waals surface area contributed by atoms with E-state index in [0.717, 1.165) is 0 Å². The first kappa shape index (κ1) is 19.5. The van der Waals surface area contributed by atoms with E-state index in [0.29, 0.717) is 29.0 Å². The van der Waals surface area contributed by atoms with Crippen LogP contribution >= 0.6 is 0 Å². The molecule has 0 bridgehead atoms. The Hall–Kier alpha value is -2.54. The fourth-order valence-corrected chi connectivity index (χ4v) is 1.95. The van der Waals surface area contributed by atoms with Crippen LogP contribution < -0.4 is 0 Å². The number of ether oxygens (including phenoxy) is 2. The number of hydrogen-bond donors (Lipinski definition) is 0. The molecule has 1 atom stereocenters. The molecule has 0 spiro atoms. The van der Waals surface area contributed by atoms with Crippen molar-refractivity contribution >= 4 is 11.9 Å². The van der Waals surface area contributed by atoms with Crippen molar-refractivity contribution in [3.05, 3.63) is 47.5 Å². The van der Waals surface area contributed by atoms with Gasteiger partial charge >= 0.3 is 11.9 Å². The summed E-state index contributed by atoms with van der Waals surface area (Å²) in [6.07, 6.45) is 0.115. The minimum absolute atomic E-state index is 0.278. The van der Waals surface area contributed by atoms with Gasteiger partial charge in [0.2, 0.25) is 0 Å². The van der Waals surface area contributed by atoms with E-state index in [1.807, 2.05) is 13.8 Å². The zero-order valence-corrected chi connectivity index (χ0v) is 14.7. The van der Waals surface area contributed by atoms with Crippen LogP contribution in [0, 0.1) is 17.8 Å². The van der Waals surface area contributed by atoms with Crippen molar-refractivity contribution in [3.63, 3.8) is 0 Å². The molecule has 1 aromatic rings. The zero-order chi connectivity index (χ0) is 18.1. The molecule has 0 fully saturated rings. The maximum absolute atomic E-state index is 12.3. The molecule has 0 N–H and O–H groups in total. The number of carbonyl (C=O) groups excluding carboxylic acids is 2. The van der Waals surface area contributed by atoms with Crippen molar-refractivity contribution in [2.24, 2.45) is 5.92 Å². The summed E-state index contributed by atoms with van der Waals surface area (Å²) in [4.78, 5) is 24.1. The molecule has 0 heterocycles. The summed E-state index contributed by atoms with van der Waals surface area (Å²) in [6, 6.07) is 6.30. The standard InChI is InChI=1S/C20H24O4/c1-6-23-19(21)16-8-7-9-17(13-16)20(22)24-18(12-15(4)5)11-10-14(2)3/h7-9,13,15,18H,2,6,12H2,1,3-5H3. The van der Waals surface area contributed by atoms with Crippen LogP contribution in [0.5, 0.6) is 0 Å². The summed E-state index contributed by atoms with van der Waals surface area (Å²) in [5.74, 6) is 5.13. The number of rotatable bonds is 6. The van der Waals surface area contributed by atoms with Crippen molar-refractivity contribution in [3.8, 4) is 11.8 Å². The SMILES string of the molecule is C=C(C)C#CC(CC(C)C)OC(=O)c1cccc(C(=O)OCC)c1. The molecule has 0 aromatic heterocycles. The molecule has 0 aliphatic carbocycles. The molecular weight excluding hydrogens is 304 g/mol. The third kappa shape index (κ3) is 6.70. The maximum Gasteiger partial charge on any atom is 0.339 e. The Morgan fingerprint density at radius 1 is 1.21 bits per heavy atom. The molecule has 0 aliphatic rings. The fraction of sp³-hybridized carbons (Fsp3) is 0.400. The Labute approximate surface area is 143 Å². The second kappa shape index (κ2) is 9.57. The van der Waals surface area contributed by atoms with Gasteiger partial charge in [-0.2, -0.15) is 0 Å². The van der Waals surface area contributed by atoms with E-state index >= 15 is 0 Å². The molecule has 24 heavy (non-hydrogen) atoms. The lowest BCUT2D eigenvalue weighted by Crippen LogP contribution is -2.19. The van der Waals surface area contributed by atoms with Crippen molar-refractivity contribution in [1.82, 2.24) is 0 Å². The van der Waals surface area contributed by atoms with Crippen LogP contribution in [0.3, 0.4) is 0 Å². The van der Waals surface area contributed by atoms with Crippen LogP contribution in [0.15, 0.2) is 36.4 Å². The van der Waals surface area contributed by atoms with Gasteiger partial charge in [-0.25, -0.2) is 9.59 Å². The summed E-state index contributed by atoms with van der Waals surface area (Å²) >= 11 is 0. The molecule has 0 radical (unpaired) electrons. The van der Waals surface area contributed by atoms with E-state index in [2.05, 4.69) is 18.4 Å². The number of benzene rings is 1.